The van der Waals surface area contributed by atoms with Gasteiger partial charge in [0.2, 0.25) is 0 Å². The summed E-state index contributed by atoms with van der Waals surface area (Å²) >= 11 is 5.92. The lowest BCUT2D eigenvalue weighted by Gasteiger charge is -2.09. The first-order valence-corrected chi connectivity index (χ1v) is 6.98. The minimum atomic E-state index is 0.639. The minimum Gasteiger partial charge on any atom is -0.457 e. The Hall–Kier alpha value is -2.45. The summed E-state index contributed by atoms with van der Waals surface area (Å²) in [7, 11) is 0. The molecule has 2 nitrogen and oxygen atoms in total. The van der Waals surface area contributed by atoms with Gasteiger partial charge in [-0.25, -0.2) is 0 Å². The molecule has 0 bridgehead atoms. The number of hydrogen-bond donors (Lipinski definition) is 1. The Bertz CT molecular complexity index is 739. The number of hydrogen-bond acceptors (Lipinski definition) is 2. The molecule has 0 radical (unpaired) electrons. The first kappa shape index (κ1) is 13.5. The highest BCUT2D eigenvalue weighted by atomic mass is 35.5. The number of anilines is 1. The summed E-state index contributed by atoms with van der Waals surface area (Å²) in [5.74, 6) is 1.61. The molecule has 0 saturated heterocycles. The van der Waals surface area contributed by atoms with Gasteiger partial charge in [0.25, 0.3) is 0 Å². The second-order valence-electron chi connectivity index (χ2n) is 4.67. The fourth-order valence-electron chi connectivity index (χ4n) is 2.12. The van der Waals surface area contributed by atoms with E-state index < -0.39 is 0 Å². The highest BCUT2D eigenvalue weighted by Crippen LogP contribution is 2.30. The molecule has 0 fully saturated rings. The molecule has 0 unspecified atom stereocenters. The van der Waals surface area contributed by atoms with Gasteiger partial charge in [0.1, 0.15) is 11.5 Å². The third kappa shape index (κ3) is 3.18. The molecule has 0 aliphatic rings. The number of ether oxygens (including phenoxy) is 1. The Kier molecular flexibility index (Phi) is 3.80. The van der Waals surface area contributed by atoms with E-state index in [4.69, 9.17) is 22.1 Å². The van der Waals surface area contributed by atoms with Crippen LogP contribution in [0.3, 0.4) is 0 Å². The lowest BCUT2D eigenvalue weighted by Crippen LogP contribution is -1.90. The van der Waals surface area contributed by atoms with E-state index in [0.717, 1.165) is 22.6 Å². The van der Waals surface area contributed by atoms with Crippen molar-refractivity contribution in [3.63, 3.8) is 0 Å². The van der Waals surface area contributed by atoms with Crippen LogP contribution in [0.5, 0.6) is 11.5 Å². The number of halogens is 1. The van der Waals surface area contributed by atoms with E-state index in [9.17, 15) is 0 Å². The van der Waals surface area contributed by atoms with Crippen molar-refractivity contribution in [3.8, 4) is 22.6 Å². The van der Waals surface area contributed by atoms with Crippen LogP contribution in [0, 0.1) is 0 Å². The summed E-state index contributed by atoms with van der Waals surface area (Å²) in [6, 6.07) is 23.0. The minimum absolute atomic E-state index is 0.639. The third-order valence-electron chi connectivity index (χ3n) is 3.16. The zero-order chi connectivity index (χ0) is 14.7. The van der Waals surface area contributed by atoms with Gasteiger partial charge in [0, 0.05) is 16.3 Å². The van der Waals surface area contributed by atoms with E-state index >= 15 is 0 Å². The van der Waals surface area contributed by atoms with Crippen LogP contribution in [-0.4, -0.2) is 0 Å². The Labute approximate surface area is 128 Å². The molecule has 0 aliphatic heterocycles. The largest absolute Gasteiger partial charge is 0.457 e. The fourth-order valence-corrected chi connectivity index (χ4v) is 2.30. The summed E-state index contributed by atoms with van der Waals surface area (Å²) in [5.41, 5.74) is 8.66. The van der Waals surface area contributed by atoms with Crippen molar-refractivity contribution < 1.29 is 4.74 Å². The molecular formula is C18H14ClNO. The van der Waals surface area contributed by atoms with Crippen molar-refractivity contribution in [1.82, 2.24) is 0 Å². The van der Waals surface area contributed by atoms with E-state index in [1.54, 1.807) is 6.07 Å². The molecule has 21 heavy (non-hydrogen) atoms. The van der Waals surface area contributed by atoms with E-state index in [1.165, 1.54) is 0 Å². The summed E-state index contributed by atoms with van der Waals surface area (Å²) < 4.78 is 5.77. The van der Waals surface area contributed by atoms with E-state index in [2.05, 4.69) is 0 Å². The number of rotatable bonds is 3. The van der Waals surface area contributed by atoms with Crippen LogP contribution in [0.1, 0.15) is 0 Å². The van der Waals surface area contributed by atoms with Gasteiger partial charge < -0.3 is 10.5 Å². The van der Waals surface area contributed by atoms with Gasteiger partial charge in [0.05, 0.1) is 0 Å². The highest BCUT2D eigenvalue weighted by Gasteiger charge is 2.04. The van der Waals surface area contributed by atoms with Crippen LogP contribution in [0.2, 0.25) is 5.02 Å². The first-order valence-electron chi connectivity index (χ1n) is 6.61. The van der Waals surface area contributed by atoms with E-state index in [0.29, 0.717) is 10.7 Å². The van der Waals surface area contributed by atoms with Crippen molar-refractivity contribution in [3.05, 3.63) is 77.8 Å². The van der Waals surface area contributed by atoms with Gasteiger partial charge in [0.15, 0.2) is 0 Å². The smallest absolute Gasteiger partial charge is 0.127 e. The molecule has 0 atom stereocenters. The zero-order valence-electron chi connectivity index (χ0n) is 11.3. The molecule has 0 aromatic heterocycles. The maximum absolute atomic E-state index is 6.00. The number of benzene rings is 3. The van der Waals surface area contributed by atoms with Crippen molar-refractivity contribution >= 4 is 17.3 Å². The number of nitrogens with two attached hydrogens (primary N) is 1. The van der Waals surface area contributed by atoms with Gasteiger partial charge in [-0.05, 0) is 42.0 Å². The summed E-state index contributed by atoms with van der Waals surface area (Å²) in [6.45, 7) is 0. The van der Waals surface area contributed by atoms with E-state index in [-0.39, 0.29) is 0 Å². The van der Waals surface area contributed by atoms with Crippen LogP contribution >= 0.6 is 11.6 Å². The third-order valence-corrected chi connectivity index (χ3v) is 3.39. The topological polar surface area (TPSA) is 35.2 Å². The van der Waals surface area contributed by atoms with Crippen LogP contribution in [-0.2, 0) is 0 Å². The lowest BCUT2D eigenvalue weighted by molar-refractivity contribution is 0.483. The Morgan fingerprint density at radius 1 is 0.762 bits per heavy atom. The Balaban J connectivity index is 1.84. The van der Waals surface area contributed by atoms with Gasteiger partial charge in [-0.1, -0.05) is 48.0 Å². The fraction of sp³-hybridized carbons (Fsp3) is 0. The monoisotopic (exact) mass is 295 g/mol. The molecular weight excluding hydrogens is 282 g/mol. The second kappa shape index (κ2) is 5.90. The molecule has 0 aliphatic carbocycles. The Morgan fingerprint density at radius 2 is 1.43 bits per heavy atom. The maximum Gasteiger partial charge on any atom is 0.127 e. The lowest BCUT2D eigenvalue weighted by atomic mass is 10.0. The first-order chi connectivity index (χ1) is 10.2. The quantitative estimate of drug-likeness (QED) is 0.658. The summed E-state index contributed by atoms with van der Waals surface area (Å²) in [5, 5.41) is 0.639. The molecule has 0 heterocycles. The van der Waals surface area contributed by atoms with Gasteiger partial charge in [-0.15, -0.1) is 0 Å². The van der Waals surface area contributed by atoms with Crippen LogP contribution in [0.25, 0.3) is 11.1 Å². The maximum atomic E-state index is 6.00. The average Bonchev–Trinajstić information content (AvgIpc) is 2.49. The van der Waals surface area contributed by atoms with Crippen molar-refractivity contribution in [2.45, 2.75) is 0 Å². The number of para-hydroxylation sites is 1. The van der Waals surface area contributed by atoms with Crippen LogP contribution in [0.15, 0.2) is 72.8 Å². The van der Waals surface area contributed by atoms with Gasteiger partial charge in [-0.3, -0.25) is 0 Å². The van der Waals surface area contributed by atoms with E-state index in [1.807, 2.05) is 66.7 Å². The molecule has 2 N–H and O–H groups in total. The molecule has 0 amide bonds. The predicted octanol–water partition coefficient (Wildman–Crippen LogP) is 5.38. The summed E-state index contributed by atoms with van der Waals surface area (Å²) in [6.07, 6.45) is 0. The molecule has 3 rings (SSSR count). The predicted molar refractivity (Wildman–Crippen MR) is 87.8 cm³/mol. The van der Waals surface area contributed by atoms with Crippen molar-refractivity contribution in [2.24, 2.45) is 0 Å². The van der Waals surface area contributed by atoms with Crippen LogP contribution < -0.4 is 10.5 Å². The second-order valence-corrected chi connectivity index (χ2v) is 5.11. The van der Waals surface area contributed by atoms with Gasteiger partial charge in [-0.2, -0.15) is 0 Å². The molecule has 3 heteroatoms. The van der Waals surface area contributed by atoms with Crippen LogP contribution in [0.4, 0.5) is 5.69 Å². The van der Waals surface area contributed by atoms with Crippen molar-refractivity contribution in [1.29, 1.82) is 0 Å². The molecule has 104 valence electrons. The molecule has 0 spiro atoms. The zero-order valence-corrected chi connectivity index (χ0v) is 12.0. The average molecular weight is 296 g/mol. The highest BCUT2D eigenvalue weighted by molar-refractivity contribution is 6.31. The number of nitrogen functional groups attached to an aromatic ring is 1. The normalized spacial score (nSPS) is 10.3. The van der Waals surface area contributed by atoms with Crippen molar-refractivity contribution in [2.75, 3.05) is 5.73 Å². The summed E-state index contributed by atoms with van der Waals surface area (Å²) in [4.78, 5) is 0. The molecule has 3 aromatic carbocycles. The Morgan fingerprint density at radius 3 is 2.10 bits per heavy atom. The standard InChI is InChI=1S/C18H14ClNO/c19-14-8-11-17(18(20)12-14)13-6-9-16(10-7-13)21-15-4-2-1-3-5-15/h1-12H,20H2. The molecule has 0 saturated carbocycles. The SMILES string of the molecule is Nc1cc(Cl)ccc1-c1ccc(Oc2ccccc2)cc1. The van der Waals surface area contributed by atoms with Gasteiger partial charge >= 0.3 is 0 Å². The molecule has 3 aromatic rings.